The fourth-order valence-electron chi connectivity index (χ4n) is 2.69. The van der Waals surface area contributed by atoms with Crippen molar-refractivity contribution in [3.63, 3.8) is 0 Å². The van der Waals surface area contributed by atoms with Crippen LogP contribution in [0.3, 0.4) is 0 Å². The molecule has 0 unspecified atom stereocenters. The minimum absolute atomic E-state index is 0.193. The molecule has 0 fully saturated rings. The number of Topliss-reactive ketones (excluding diaryl/α,β-unsaturated/α-hetero) is 3. The topological polar surface area (TPSA) is 130 Å². The molecule has 0 atom stereocenters. The zero-order valence-electron chi connectivity index (χ0n) is 20.6. The summed E-state index contributed by atoms with van der Waals surface area (Å²) in [6, 6.07) is 0. The van der Waals surface area contributed by atoms with Crippen molar-refractivity contribution in [1.29, 1.82) is 0 Å². The van der Waals surface area contributed by atoms with Gasteiger partial charge in [-0.3, -0.25) is 0 Å². The van der Waals surface area contributed by atoms with Crippen LogP contribution in [-0.4, -0.2) is 55.1 Å². The van der Waals surface area contributed by atoms with Crippen molar-refractivity contribution >= 4 is 35.3 Å². The molecule has 0 aliphatic carbocycles. The molecule has 0 aromatic carbocycles. The van der Waals surface area contributed by atoms with E-state index in [1.165, 1.54) is 20.8 Å². The summed E-state index contributed by atoms with van der Waals surface area (Å²) in [5.41, 5.74) is 0. The van der Waals surface area contributed by atoms with Gasteiger partial charge in [0.15, 0.2) is 0 Å². The van der Waals surface area contributed by atoms with Crippen molar-refractivity contribution in [3.8, 4) is 0 Å². The number of hydrogen-bond acceptors (Lipinski definition) is 9. The van der Waals surface area contributed by atoms with Crippen LogP contribution in [-0.2, 0) is 56.9 Å². The quantitative estimate of drug-likeness (QED) is 0.0720. The first-order valence-electron chi connectivity index (χ1n) is 11.6. The molecule has 0 saturated carbocycles. The number of unbranched alkanes of at least 4 members (excludes halogenated alkanes) is 3. The van der Waals surface area contributed by atoms with Crippen LogP contribution in [0.15, 0.2) is 0 Å². The summed E-state index contributed by atoms with van der Waals surface area (Å²) >= 11 is -0.484. The number of carbonyl (C=O) groups is 6. The van der Waals surface area contributed by atoms with E-state index in [9.17, 15) is 28.8 Å². The summed E-state index contributed by atoms with van der Waals surface area (Å²) < 4.78 is 15.2. The molecule has 0 heterocycles. The Morgan fingerprint density at radius 2 is 0.735 bits per heavy atom. The van der Waals surface area contributed by atoms with Gasteiger partial charge in [0.1, 0.15) is 0 Å². The standard InChI is InChI=1S/3C8H13O3.Fe/c3*1-3-4-5-11-8(10)6-7(2)9;/h3*1,3-6H2,2H3;. The van der Waals surface area contributed by atoms with Crippen LogP contribution < -0.4 is 0 Å². The molecule has 0 spiro atoms. The van der Waals surface area contributed by atoms with Crippen LogP contribution in [0.25, 0.3) is 0 Å². The second kappa shape index (κ2) is 20.3. The zero-order valence-corrected chi connectivity index (χ0v) is 21.7. The van der Waals surface area contributed by atoms with Crippen LogP contribution in [0.2, 0.25) is 16.0 Å². The molecule has 0 aliphatic rings. The van der Waals surface area contributed by atoms with Gasteiger partial charge in [0.05, 0.1) is 0 Å². The van der Waals surface area contributed by atoms with Crippen molar-refractivity contribution in [2.75, 3.05) is 19.8 Å². The first kappa shape index (κ1) is 31.9. The predicted molar refractivity (Wildman–Crippen MR) is 121 cm³/mol. The summed E-state index contributed by atoms with van der Waals surface area (Å²) in [4.78, 5) is 67.0. The van der Waals surface area contributed by atoms with E-state index >= 15 is 0 Å². The first-order valence-corrected chi connectivity index (χ1v) is 13.9. The second-order valence-electron chi connectivity index (χ2n) is 7.98. The third-order valence-electron chi connectivity index (χ3n) is 4.28. The normalized spacial score (nSPS) is 10.9. The fraction of sp³-hybridized carbons (Fsp3) is 0.750. The van der Waals surface area contributed by atoms with E-state index < -0.39 is 31.8 Å². The van der Waals surface area contributed by atoms with Gasteiger partial charge in [-0.1, -0.05) is 0 Å². The summed E-state index contributed by atoms with van der Waals surface area (Å²) in [5, 5.41) is 3.08. The van der Waals surface area contributed by atoms with Crippen molar-refractivity contribution in [3.05, 3.63) is 0 Å². The zero-order chi connectivity index (χ0) is 25.8. The number of carbonyl (C=O) groups excluding carboxylic acids is 6. The SMILES string of the molecule is CC(=O)CC(=O)OCCC[CH2][Fe]([CH2]CCCOC(=O)CC(C)=O)[CH2]CCCOC(=O)CC(C)=O. The average molecular weight is 527 g/mol. The molecule has 0 bridgehead atoms. The van der Waals surface area contributed by atoms with E-state index in [0.29, 0.717) is 19.8 Å². The van der Waals surface area contributed by atoms with E-state index in [0.717, 1.165) is 54.5 Å². The van der Waals surface area contributed by atoms with Crippen LogP contribution in [0.4, 0.5) is 0 Å². The summed E-state index contributed by atoms with van der Waals surface area (Å²) in [7, 11) is 0. The molecule has 0 aromatic rings. The van der Waals surface area contributed by atoms with Gasteiger partial charge in [0, 0.05) is 0 Å². The van der Waals surface area contributed by atoms with E-state index in [4.69, 9.17) is 14.2 Å². The molecule has 0 amide bonds. The third kappa shape index (κ3) is 21.8. The maximum absolute atomic E-state index is 11.4. The monoisotopic (exact) mass is 527 g/mol. The number of ether oxygens (including phenoxy) is 3. The number of ketones is 3. The van der Waals surface area contributed by atoms with Gasteiger partial charge < -0.3 is 0 Å². The van der Waals surface area contributed by atoms with Crippen molar-refractivity contribution in [2.45, 2.75) is 94.5 Å². The van der Waals surface area contributed by atoms with Crippen LogP contribution >= 0.6 is 0 Å². The van der Waals surface area contributed by atoms with Gasteiger partial charge in [0.2, 0.25) is 0 Å². The van der Waals surface area contributed by atoms with Gasteiger partial charge in [-0.05, 0) is 0 Å². The molecule has 0 rings (SSSR count). The van der Waals surface area contributed by atoms with E-state index in [1.54, 1.807) is 0 Å². The van der Waals surface area contributed by atoms with Crippen LogP contribution in [0.1, 0.15) is 78.6 Å². The Morgan fingerprint density at radius 1 is 0.471 bits per heavy atom. The number of rotatable bonds is 21. The Balaban J connectivity index is 4.24. The van der Waals surface area contributed by atoms with Crippen molar-refractivity contribution in [1.82, 2.24) is 0 Å². The van der Waals surface area contributed by atoms with E-state index in [1.807, 2.05) is 0 Å². The van der Waals surface area contributed by atoms with Crippen LogP contribution in [0, 0.1) is 0 Å². The third-order valence-corrected chi connectivity index (χ3v) is 7.79. The average Bonchev–Trinajstić information content (AvgIpc) is 2.70. The minimum atomic E-state index is -0.491. The Kier molecular flexibility index (Phi) is 19.1. The second-order valence-corrected chi connectivity index (χ2v) is 11.3. The van der Waals surface area contributed by atoms with Crippen molar-refractivity contribution in [2.24, 2.45) is 0 Å². The molecule has 9 nitrogen and oxygen atoms in total. The Hall–Kier alpha value is -2.06. The van der Waals surface area contributed by atoms with Gasteiger partial charge in [-0.15, -0.1) is 0 Å². The van der Waals surface area contributed by atoms with Gasteiger partial charge in [-0.2, -0.15) is 0 Å². The Bertz CT molecular complexity index is 585. The molecular weight excluding hydrogens is 488 g/mol. The van der Waals surface area contributed by atoms with E-state index in [2.05, 4.69) is 0 Å². The van der Waals surface area contributed by atoms with Gasteiger partial charge in [0.25, 0.3) is 0 Å². The Morgan fingerprint density at radius 3 is 0.971 bits per heavy atom. The summed E-state index contributed by atoms with van der Waals surface area (Å²) in [6.45, 7) is 4.96. The van der Waals surface area contributed by atoms with E-state index in [-0.39, 0.29) is 36.6 Å². The molecular formula is C24H39FeO9. The number of hydrogen-bond donors (Lipinski definition) is 0. The van der Waals surface area contributed by atoms with Gasteiger partial charge in [-0.25, -0.2) is 0 Å². The molecule has 10 heteroatoms. The molecule has 0 saturated heterocycles. The summed E-state index contributed by atoms with van der Waals surface area (Å²) in [5.74, 6) is -2.12. The fourth-order valence-corrected chi connectivity index (χ4v) is 6.00. The molecule has 0 aliphatic heterocycles. The van der Waals surface area contributed by atoms with Crippen LogP contribution in [0.5, 0.6) is 0 Å². The molecule has 0 aromatic heterocycles. The van der Waals surface area contributed by atoms with Gasteiger partial charge >= 0.3 is 206 Å². The Labute approximate surface area is 206 Å². The maximum atomic E-state index is 11.4. The summed E-state index contributed by atoms with van der Waals surface area (Å²) in [6.07, 6.45) is 4.36. The predicted octanol–water partition coefficient (Wildman–Crippen LogP) is 3.77. The number of esters is 3. The molecule has 34 heavy (non-hydrogen) atoms. The first-order chi connectivity index (χ1) is 16.1. The molecule has 197 valence electrons. The van der Waals surface area contributed by atoms with Crippen molar-refractivity contribution < 1.29 is 56.9 Å². The molecule has 0 radical (unpaired) electrons. The molecule has 0 N–H and O–H groups in total.